The highest BCUT2D eigenvalue weighted by Gasteiger charge is 2.16. The van der Waals surface area contributed by atoms with Gasteiger partial charge in [-0.2, -0.15) is 0 Å². The number of aryl methyl sites for hydroxylation is 1. The zero-order chi connectivity index (χ0) is 15.9. The van der Waals surface area contributed by atoms with Gasteiger partial charge in [0.1, 0.15) is 0 Å². The maximum atomic E-state index is 11.9. The molecule has 0 spiro atoms. The van der Waals surface area contributed by atoms with Crippen molar-refractivity contribution in [3.8, 4) is 0 Å². The first-order valence-electron chi connectivity index (χ1n) is 6.23. The molecule has 1 aromatic carbocycles. The Labute approximate surface area is 138 Å². The lowest BCUT2D eigenvalue weighted by molar-refractivity contribution is 0.0783. The number of ether oxygens (including phenoxy) is 2. The number of hydrogen-bond acceptors (Lipinski definition) is 5. The molecule has 118 valence electrons. The average Bonchev–Trinajstić information content (AvgIpc) is 2.41. The van der Waals surface area contributed by atoms with Crippen LogP contribution < -0.4 is 4.72 Å². The molecule has 0 radical (unpaired) electrons. The predicted octanol–water partition coefficient (Wildman–Crippen LogP) is 1.32. The van der Waals surface area contributed by atoms with Gasteiger partial charge >= 0.3 is 0 Å². The number of carbonyl (C=O) groups excluding carboxylic acids is 1. The van der Waals surface area contributed by atoms with E-state index < -0.39 is 15.9 Å². The third-order valence-electron chi connectivity index (χ3n) is 2.60. The first kappa shape index (κ1) is 18.3. The van der Waals surface area contributed by atoms with Crippen LogP contribution in [0.4, 0.5) is 0 Å². The Morgan fingerprint density at radius 2 is 2.00 bits per heavy atom. The summed E-state index contributed by atoms with van der Waals surface area (Å²) in [7, 11) is -2.18. The first-order chi connectivity index (χ1) is 9.85. The van der Waals surface area contributed by atoms with E-state index in [0.717, 1.165) is 9.13 Å². The number of benzene rings is 1. The lowest BCUT2D eigenvalue weighted by Gasteiger charge is -2.08. The van der Waals surface area contributed by atoms with Gasteiger partial charge < -0.3 is 9.47 Å². The van der Waals surface area contributed by atoms with Crippen molar-refractivity contribution in [3.05, 3.63) is 32.9 Å². The summed E-state index contributed by atoms with van der Waals surface area (Å²) >= 11 is 2.15. The highest BCUT2D eigenvalue weighted by Crippen LogP contribution is 2.13. The topological polar surface area (TPSA) is 81.7 Å². The summed E-state index contributed by atoms with van der Waals surface area (Å²) in [5, 5.41) is 0. The van der Waals surface area contributed by atoms with E-state index in [2.05, 4.69) is 22.6 Å². The fraction of sp³-hybridized carbons (Fsp3) is 0.462. The summed E-state index contributed by atoms with van der Waals surface area (Å²) in [6.07, 6.45) is 0. The molecule has 1 aromatic rings. The van der Waals surface area contributed by atoms with Gasteiger partial charge in [0.15, 0.2) is 0 Å². The van der Waals surface area contributed by atoms with E-state index in [1.165, 1.54) is 7.11 Å². The summed E-state index contributed by atoms with van der Waals surface area (Å²) in [5.41, 5.74) is 1.24. The molecule has 0 aliphatic rings. The second-order valence-corrected chi connectivity index (χ2v) is 7.32. The quantitative estimate of drug-likeness (QED) is 0.500. The van der Waals surface area contributed by atoms with Crippen molar-refractivity contribution in [3.63, 3.8) is 0 Å². The molecule has 0 saturated carbocycles. The van der Waals surface area contributed by atoms with Crippen LogP contribution in [0.1, 0.15) is 15.9 Å². The van der Waals surface area contributed by atoms with E-state index in [1.54, 1.807) is 18.2 Å². The third kappa shape index (κ3) is 6.72. The Hall–Kier alpha value is -0.710. The molecule has 21 heavy (non-hydrogen) atoms. The van der Waals surface area contributed by atoms with Crippen LogP contribution in [-0.4, -0.2) is 47.0 Å². The number of methoxy groups -OCH3 is 1. The van der Waals surface area contributed by atoms with Crippen molar-refractivity contribution in [2.75, 3.05) is 32.7 Å². The third-order valence-corrected chi connectivity index (χ3v) is 5.01. The lowest BCUT2D eigenvalue weighted by Crippen LogP contribution is -2.34. The Balaban J connectivity index is 2.54. The molecular formula is C13H18INO5S. The van der Waals surface area contributed by atoms with Crippen LogP contribution in [0, 0.1) is 10.5 Å². The zero-order valence-corrected chi connectivity index (χ0v) is 14.9. The first-order valence-corrected chi connectivity index (χ1v) is 8.96. The van der Waals surface area contributed by atoms with Crippen LogP contribution in [0.5, 0.6) is 0 Å². The monoisotopic (exact) mass is 427 g/mol. The lowest BCUT2D eigenvalue weighted by atomic mass is 10.1. The van der Waals surface area contributed by atoms with Crippen LogP contribution >= 0.6 is 22.6 Å². The molecule has 0 saturated heterocycles. The number of rotatable bonds is 8. The van der Waals surface area contributed by atoms with Crippen molar-refractivity contribution >= 4 is 38.5 Å². The molecule has 6 nitrogen and oxygen atoms in total. The number of halogens is 1. The Morgan fingerprint density at radius 1 is 1.29 bits per heavy atom. The van der Waals surface area contributed by atoms with Crippen molar-refractivity contribution in [2.24, 2.45) is 0 Å². The molecule has 0 fully saturated rings. The van der Waals surface area contributed by atoms with Crippen LogP contribution in [0.25, 0.3) is 0 Å². The van der Waals surface area contributed by atoms with Gasteiger partial charge in [0.05, 0.1) is 25.6 Å². The number of hydrogen-bond donors (Lipinski definition) is 1. The number of carbonyl (C=O) groups is 1. The van der Waals surface area contributed by atoms with Gasteiger partial charge in [-0.25, -0.2) is 13.1 Å². The van der Waals surface area contributed by atoms with Crippen molar-refractivity contribution < 1.29 is 22.7 Å². The molecule has 0 aliphatic heterocycles. The summed E-state index contributed by atoms with van der Waals surface area (Å²) in [5.74, 6) is -0.905. The Morgan fingerprint density at radius 3 is 2.62 bits per heavy atom. The molecule has 0 unspecified atom stereocenters. The SMILES string of the molecule is COCCOCCS(=O)(=O)NC(=O)c1ccc(I)c(C)c1. The second kappa shape index (κ2) is 8.66. The fourth-order valence-corrected chi connectivity index (χ4v) is 2.63. The molecule has 0 bridgehead atoms. The van der Waals surface area contributed by atoms with E-state index in [-0.39, 0.29) is 12.4 Å². The van der Waals surface area contributed by atoms with Gasteiger partial charge in [0.25, 0.3) is 5.91 Å². The highest BCUT2D eigenvalue weighted by atomic mass is 127. The standard InChI is InChI=1S/C13H18INO5S/c1-10-9-11(3-4-12(10)14)13(16)15-21(17,18)8-7-20-6-5-19-2/h3-4,9H,5-8H2,1-2H3,(H,15,16). The van der Waals surface area contributed by atoms with Crippen LogP contribution in [0.15, 0.2) is 18.2 Å². The Kier molecular flexibility index (Phi) is 7.57. The van der Waals surface area contributed by atoms with Gasteiger partial charge in [-0.15, -0.1) is 0 Å². The summed E-state index contributed by atoms with van der Waals surface area (Å²) in [6, 6.07) is 5.02. The minimum Gasteiger partial charge on any atom is -0.382 e. The molecule has 8 heteroatoms. The van der Waals surface area contributed by atoms with E-state index in [1.807, 2.05) is 11.6 Å². The average molecular weight is 427 g/mol. The van der Waals surface area contributed by atoms with Gasteiger partial charge in [-0.3, -0.25) is 4.79 Å². The van der Waals surface area contributed by atoms with Gasteiger partial charge in [0.2, 0.25) is 10.0 Å². The molecule has 0 atom stereocenters. The summed E-state index contributed by atoms with van der Waals surface area (Å²) in [4.78, 5) is 11.9. The van der Waals surface area contributed by atoms with E-state index >= 15 is 0 Å². The number of sulfonamides is 1. The molecule has 0 aliphatic carbocycles. The highest BCUT2D eigenvalue weighted by molar-refractivity contribution is 14.1. The smallest absolute Gasteiger partial charge is 0.264 e. The maximum absolute atomic E-state index is 11.9. The normalized spacial score (nSPS) is 11.4. The van der Waals surface area contributed by atoms with E-state index in [9.17, 15) is 13.2 Å². The van der Waals surface area contributed by atoms with Crippen molar-refractivity contribution in [2.45, 2.75) is 6.92 Å². The molecular weight excluding hydrogens is 409 g/mol. The zero-order valence-electron chi connectivity index (χ0n) is 11.9. The molecule has 1 N–H and O–H groups in total. The Bertz CT molecular complexity index is 588. The minimum absolute atomic E-state index is 0.0116. The van der Waals surface area contributed by atoms with Crippen molar-refractivity contribution in [1.82, 2.24) is 4.72 Å². The van der Waals surface area contributed by atoms with Crippen LogP contribution in [0.2, 0.25) is 0 Å². The predicted molar refractivity (Wildman–Crippen MR) is 87.8 cm³/mol. The molecule has 0 aromatic heterocycles. The van der Waals surface area contributed by atoms with E-state index in [4.69, 9.17) is 9.47 Å². The van der Waals surface area contributed by atoms with Gasteiger partial charge in [-0.05, 0) is 53.3 Å². The van der Waals surface area contributed by atoms with Gasteiger partial charge in [-0.1, -0.05) is 0 Å². The van der Waals surface area contributed by atoms with Crippen LogP contribution in [-0.2, 0) is 19.5 Å². The molecule has 0 heterocycles. The van der Waals surface area contributed by atoms with Crippen LogP contribution in [0.3, 0.4) is 0 Å². The van der Waals surface area contributed by atoms with E-state index in [0.29, 0.717) is 18.8 Å². The minimum atomic E-state index is -3.71. The summed E-state index contributed by atoms with van der Waals surface area (Å²) < 4.78 is 36.4. The largest absolute Gasteiger partial charge is 0.382 e. The molecule has 1 amide bonds. The molecule has 1 rings (SSSR count). The second-order valence-electron chi connectivity index (χ2n) is 4.32. The number of amides is 1. The van der Waals surface area contributed by atoms with Gasteiger partial charge in [0, 0.05) is 16.2 Å². The van der Waals surface area contributed by atoms with Crippen molar-refractivity contribution in [1.29, 1.82) is 0 Å². The maximum Gasteiger partial charge on any atom is 0.264 e. The summed E-state index contributed by atoms with van der Waals surface area (Å²) in [6.45, 7) is 2.58. The number of nitrogens with one attached hydrogen (secondary N) is 1. The fourth-order valence-electron chi connectivity index (χ4n) is 1.45.